The summed E-state index contributed by atoms with van der Waals surface area (Å²) in [7, 11) is 1.61. The molecular weight excluding hydrogens is 453 g/mol. The second-order valence-corrected chi connectivity index (χ2v) is 8.94. The zero-order chi connectivity index (χ0) is 24.5. The Morgan fingerprint density at radius 3 is 2.46 bits per heavy atom. The minimum atomic E-state index is -1.21. The van der Waals surface area contributed by atoms with Crippen LogP contribution in [0.25, 0.3) is 16.7 Å². The normalized spacial score (nSPS) is 18.9. The van der Waals surface area contributed by atoms with Crippen LogP contribution in [0, 0.1) is 17.5 Å². The number of carbonyl (C=O) groups is 1. The first-order valence-electron chi connectivity index (χ1n) is 11.6. The summed E-state index contributed by atoms with van der Waals surface area (Å²) < 4.78 is 46.6. The summed E-state index contributed by atoms with van der Waals surface area (Å²) in [5.74, 6) is -2.33. The fraction of sp³-hybridized carbons (Fsp3) is 0.250. The molecule has 1 fully saturated rings. The molecule has 0 saturated carbocycles. The Morgan fingerprint density at radius 1 is 0.971 bits per heavy atom. The molecule has 2 atom stereocenters. The van der Waals surface area contributed by atoms with Crippen LogP contribution >= 0.6 is 0 Å². The van der Waals surface area contributed by atoms with E-state index in [1.165, 1.54) is 0 Å². The van der Waals surface area contributed by atoms with Crippen molar-refractivity contribution in [1.29, 1.82) is 0 Å². The molecule has 3 aromatic carbocycles. The number of amides is 2. The van der Waals surface area contributed by atoms with Crippen LogP contribution in [0.5, 0.6) is 5.75 Å². The molecule has 0 spiro atoms. The summed E-state index contributed by atoms with van der Waals surface area (Å²) in [6, 6.07) is 16.1. The highest BCUT2D eigenvalue weighted by atomic mass is 19.2. The maximum atomic E-state index is 14.3. The molecule has 180 valence electrons. The van der Waals surface area contributed by atoms with Crippen LogP contribution in [0.4, 0.5) is 18.0 Å². The van der Waals surface area contributed by atoms with E-state index < -0.39 is 17.5 Å². The lowest BCUT2D eigenvalue weighted by atomic mass is 9.92. The van der Waals surface area contributed by atoms with E-state index in [9.17, 15) is 18.0 Å². The van der Waals surface area contributed by atoms with Gasteiger partial charge in [-0.15, -0.1) is 0 Å². The first-order chi connectivity index (χ1) is 16.9. The largest absolute Gasteiger partial charge is 0.497 e. The zero-order valence-corrected chi connectivity index (χ0v) is 19.2. The lowest BCUT2D eigenvalue weighted by molar-refractivity contribution is 0.179. The molecule has 2 aliphatic heterocycles. The lowest BCUT2D eigenvalue weighted by Crippen LogP contribution is -2.48. The van der Waals surface area contributed by atoms with Crippen LogP contribution in [0.1, 0.15) is 30.4 Å². The molecule has 0 aliphatic carbocycles. The molecule has 1 N–H and O–H groups in total. The van der Waals surface area contributed by atoms with E-state index in [0.717, 1.165) is 41.4 Å². The third-order valence-corrected chi connectivity index (χ3v) is 6.79. The van der Waals surface area contributed by atoms with Gasteiger partial charge in [-0.25, -0.2) is 18.0 Å². The SMILES string of the molecule is COc1ccc(CNC(=O)N2C3C=C(c4cccc(-c5cc(F)c(F)cc5F)c4)CC2CC3)cc1. The number of hydrogen-bond donors (Lipinski definition) is 1. The minimum absolute atomic E-state index is 0.0182. The Morgan fingerprint density at radius 2 is 1.71 bits per heavy atom. The van der Waals surface area contributed by atoms with Gasteiger partial charge >= 0.3 is 6.03 Å². The van der Waals surface area contributed by atoms with Crippen LogP contribution in [0.2, 0.25) is 0 Å². The Labute approximate surface area is 202 Å². The molecule has 2 bridgehead atoms. The fourth-order valence-electron chi connectivity index (χ4n) is 5.00. The van der Waals surface area contributed by atoms with E-state index in [-0.39, 0.29) is 23.7 Å². The molecule has 1 saturated heterocycles. The standard InChI is InChI=1S/C28H25F3N2O2/c1-35-23-9-5-17(6-10-23)16-32-28(34)33-21-7-8-22(33)13-20(12-21)18-3-2-4-19(11-18)24-14-26(30)27(31)15-25(24)29/h2-6,9-12,14-15,21-22H,7-8,13,16H2,1H3,(H,32,34). The number of nitrogens with zero attached hydrogens (tertiary/aromatic N) is 1. The van der Waals surface area contributed by atoms with Gasteiger partial charge in [-0.3, -0.25) is 0 Å². The fourth-order valence-corrected chi connectivity index (χ4v) is 5.00. The molecule has 2 amide bonds. The maximum Gasteiger partial charge on any atom is 0.318 e. The Balaban J connectivity index is 1.32. The van der Waals surface area contributed by atoms with Gasteiger partial charge in [0.15, 0.2) is 11.6 Å². The Hall–Kier alpha value is -3.74. The van der Waals surface area contributed by atoms with Gasteiger partial charge in [0.05, 0.1) is 13.2 Å². The summed E-state index contributed by atoms with van der Waals surface area (Å²) in [6.07, 6.45) is 4.55. The smallest absolute Gasteiger partial charge is 0.318 e. The van der Waals surface area contributed by atoms with Gasteiger partial charge in [-0.2, -0.15) is 0 Å². The van der Waals surface area contributed by atoms with Crippen molar-refractivity contribution in [3.05, 3.63) is 95.3 Å². The number of urea groups is 1. The molecule has 3 aromatic rings. The highest BCUT2D eigenvalue weighted by Crippen LogP contribution is 2.39. The van der Waals surface area contributed by atoms with Crippen molar-refractivity contribution in [2.75, 3.05) is 7.11 Å². The van der Waals surface area contributed by atoms with Crippen LogP contribution in [0.3, 0.4) is 0 Å². The molecule has 2 heterocycles. The summed E-state index contributed by atoms with van der Waals surface area (Å²) in [4.78, 5) is 14.9. The Bertz CT molecular complexity index is 1290. The van der Waals surface area contributed by atoms with E-state index >= 15 is 0 Å². The van der Waals surface area contributed by atoms with E-state index in [0.29, 0.717) is 24.6 Å². The number of methoxy groups -OCH3 is 1. The van der Waals surface area contributed by atoms with Crippen molar-refractivity contribution in [3.8, 4) is 16.9 Å². The number of benzene rings is 3. The molecular formula is C28H25F3N2O2. The summed E-state index contributed by atoms with van der Waals surface area (Å²) in [5.41, 5.74) is 3.45. The van der Waals surface area contributed by atoms with Gasteiger partial charge in [-0.1, -0.05) is 36.4 Å². The number of hydrogen-bond acceptors (Lipinski definition) is 2. The lowest BCUT2D eigenvalue weighted by Gasteiger charge is -2.34. The van der Waals surface area contributed by atoms with E-state index in [1.807, 2.05) is 35.2 Å². The molecule has 5 rings (SSSR count). The number of nitrogens with one attached hydrogen (secondary N) is 1. The van der Waals surface area contributed by atoms with Crippen LogP contribution in [0.15, 0.2) is 66.7 Å². The van der Waals surface area contributed by atoms with Gasteiger partial charge in [0, 0.05) is 24.2 Å². The topological polar surface area (TPSA) is 41.6 Å². The highest BCUT2D eigenvalue weighted by molar-refractivity contribution is 5.80. The summed E-state index contributed by atoms with van der Waals surface area (Å²) >= 11 is 0. The number of ether oxygens (including phenoxy) is 1. The monoisotopic (exact) mass is 478 g/mol. The van der Waals surface area contributed by atoms with Crippen molar-refractivity contribution in [1.82, 2.24) is 10.2 Å². The van der Waals surface area contributed by atoms with Gasteiger partial charge in [-0.05, 0) is 65.8 Å². The molecule has 2 unspecified atom stereocenters. The van der Waals surface area contributed by atoms with Crippen molar-refractivity contribution in [2.45, 2.75) is 37.9 Å². The third-order valence-electron chi connectivity index (χ3n) is 6.79. The van der Waals surface area contributed by atoms with E-state index in [1.54, 1.807) is 25.3 Å². The number of fused-ring (bicyclic) bond motifs is 2. The zero-order valence-electron chi connectivity index (χ0n) is 19.2. The molecule has 2 aliphatic rings. The summed E-state index contributed by atoms with van der Waals surface area (Å²) in [6.45, 7) is 0.428. The molecule has 0 aromatic heterocycles. The first kappa shape index (κ1) is 23.0. The maximum absolute atomic E-state index is 14.3. The van der Waals surface area contributed by atoms with Crippen LogP contribution in [-0.2, 0) is 6.54 Å². The van der Waals surface area contributed by atoms with Gasteiger partial charge < -0.3 is 15.0 Å². The third kappa shape index (κ3) is 4.63. The summed E-state index contributed by atoms with van der Waals surface area (Å²) in [5, 5.41) is 3.02. The highest BCUT2D eigenvalue weighted by Gasteiger charge is 2.39. The van der Waals surface area contributed by atoms with Crippen LogP contribution in [-0.4, -0.2) is 30.1 Å². The second kappa shape index (κ2) is 9.49. The number of carbonyl (C=O) groups excluding carboxylic acids is 1. The number of rotatable bonds is 5. The molecule has 0 radical (unpaired) electrons. The number of halogens is 3. The average molecular weight is 479 g/mol. The van der Waals surface area contributed by atoms with Gasteiger partial charge in [0.2, 0.25) is 0 Å². The predicted molar refractivity (Wildman–Crippen MR) is 128 cm³/mol. The van der Waals surface area contributed by atoms with Crippen molar-refractivity contribution >= 4 is 11.6 Å². The van der Waals surface area contributed by atoms with Crippen molar-refractivity contribution < 1.29 is 22.7 Å². The van der Waals surface area contributed by atoms with E-state index in [4.69, 9.17) is 4.74 Å². The van der Waals surface area contributed by atoms with Crippen molar-refractivity contribution in [3.63, 3.8) is 0 Å². The average Bonchev–Trinajstić information content (AvgIpc) is 3.14. The van der Waals surface area contributed by atoms with Gasteiger partial charge in [0.1, 0.15) is 11.6 Å². The second-order valence-electron chi connectivity index (χ2n) is 8.94. The van der Waals surface area contributed by atoms with Crippen molar-refractivity contribution in [2.24, 2.45) is 0 Å². The van der Waals surface area contributed by atoms with E-state index in [2.05, 4.69) is 11.4 Å². The molecule has 7 heteroatoms. The Kier molecular flexibility index (Phi) is 6.24. The quantitative estimate of drug-likeness (QED) is 0.437. The molecule has 35 heavy (non-hydrogen) atoms. The van der Waals surface area contributed by atoms with Gasteiger partial charge in [0.25, 0.3) is 0 Å². The minimum Gasteiger partial charge on any atom is -0.497 e. The van der Waals surface area contributed by atoms with Crippen LogP contribution < -0.4 is 10.1 Å². The first-order valence-corrected chi connectivity index (χ1v) is 11.6. The molecule has 4 nitrogen and oxygen atoms in total. The predicted octanol–water partition coefficient (Wildman–Crippen LogP) is 6.31.